The summed E-state index contributed by atoms with van der Waals surface area (Å²) in [6, 6.07) is 15.7. The number of carbonyl (C=O) groups excluding carboxylic acids is 1. The van der Waals surface area contributed by atoms with Gasteiger partial charge in [-0.15, -0.1) is 0 Å². The molecule has 0 N–H and O–H groups in total. The smallest absolute Gasteiger partial charge is 0.272 e. The summed E-state index contributed by atoms with van der Waals surface area (Å²) in [5.41, 5.74) is 2.02. The van der Waals surface area contributed by atoms with Crippen LogP contribution in [0.5, 0.6) is 0 Å². The molecule has 0 aliphatic rings. The minimum atomic E-state index is -0.277. The topological polar surface area (TPSA) is 43.6 Å². The molecule has 1 aromatic heterocycles. The van der Waals surface area contributed by atoms with Crippen molar-refractivity contribution in [3.63, 3.8) is 0 Å². The molecule has 0 bridgehead atoms. The Labute approximate surface area is 158 Å². The molecule has 0 saturated carbocycles. The average Bonchev–Trinajstić information content (AvgIpc) is 2.95. The number of rotatable bonds is 5. The Morgan fingerprint density at radius 1 is 1.28 bits per heavy atom. The first kappa shape index (κ1) is 17.8. The molecule has 4 nitrogen and oxygen atoms in total. The van der Waals surface area contributed by atoms with Crippen LogP contribution in [0.3, 0.4) is 0 Å². The summed E-state index contributed by atoms with van der Waals surface area (Å²) in [6.45, 7) is 1.20. The molecule has 0 radical (unpaired) electrons. The number of benzene rings is 2. The van der Waals surface area contributed by atoms with Gasteiger partial charge in [-0.25, -0.2) is 0 Å². The van der Waals surface area contributed by atoms with Gasteiger partial charge in [0.1, 0.15) is 0 Å². The normalized spacial score (nSPS) is 12.3. The first-order chi connectivity index (χ1) is 12.2. The van der Waals surface area contributed by atoms with Gasteiger partial charge in [-0.3, -0.25) is 4.79 Å². The summed E-state index contributed by atoms with van der Waals surface area (Å²) < 4.78 is 9.28. The van der Waals surface area contributed by atoms with Crippen molar-refractivity contribution in [2.75, 3.05) is 13.7 Å². The lowest BCUT2D eigenvalue weighted by Gasteiger charge is -2.03. The molecule has 0 saturated heterocycles. The van der Waals surface area contributed by atoms with Crippen molar-refractivity contribution >= 4 is 49.5 Å². The van der Waals surface area contributed by atoms with Gasteiger partial charge < -0.3 is 9.30 Å². The van der Waals surface area contributed by atoms with Crippen LogP contribution >= 0.6 is 27.3 Å². The molecule has 3 rings (SSSR count). The molecular weight excluding hydrogens is 400 g/mol. The molecule has 25 heavy (non-hydrogen) atoms. The number of ether oxygens (including phenoxy) is 1. The van der Waals surface area contributed by atoms with E-state index in [4.69, 9.17) is 4.74 Å². The maximum Gasteiger partial charge on any atom is 0.272 e. The number of carbonyl (C=O) groups is 1. The van der Waals surface area contributed by atoms with Gasteiger partial charge in [0.25, 0.3) is 5.91 Å². The van der Waals surface area contributed by atoms with Gasteiger partial charge in [0, 0.05) is 24.2 Å². The molecular formula is C19H17BrN2O2S. The maximum absolute atomic E-state index is 12.3. The molecule has 0 unspecified atom stereocenters. The Morgan fingerprint density at radius 2 is 2.08 bits per heavy atom. The maximum atomic E-state index is 12.3. The molecule has 6 heteroatoms. The highest BCUT2D eigenvalue weighted by Crippen LogP contribution is 2.22. The van der Waals surface area contributed by atoms with E-state index < -0.39 is 0 Å². The zero-order valence-corrected chi connectivity index (χ0v) is 16.1. The second kappa shape index (κ2) is 8.38. The van der Waals surface area contributed by atoms with Crippen LogP contribution in [0.2, 0.25) is 0 Å². The van der Waals surface area contributed by atoms with Crippen LogP contribution in [-0.4, -0.2) is 24.2 Å². The molecule has 0 atom stereocenters. The minimum Gasteiger partial charge on any atom is -0.383 e. The van der Waals surface area contributed by atoms with Gasteiger partial charge in [-0.2, -0.15) is 4.99 Å². The lowest BCUT2D eigenvalue weighted by molar-refractivity contribution is -0.113. The molecule has 128 valence electrons. The third-order valence-electron chi connectivity index (χ3n) is 3.59. The molecule has 0 aliphatic carbocycles. The first-order valence-corrected chi connectivity index (χ1v) is 9.38. The molecule has 1 amide bonds. The fourth-order valence-electron chi connectivity index (χ4n) is 2.39. The second-order valence-electron chi connectivity index (χ2n) is 5.34. The largest absolute Gasteiger partial charge is 0.383 e. The van der Waals surface area contributed by atoms with Gasteiger partial charge in [-0.05, 0) is 29.8 Å². The van der Waals surface area contributed by atoms with Gasteiger partial charge in [0.05, 0.1) is 16.8 Å². The van der Waals surface area contributed by atoms with E-state index in [0.29, 0.717) is 18.0 Å². The van der Waals surface area contributed by atoms with Crippen molar-refractivity contribution in [3.05, 3.63) is 69.4 Å². The van der Waals surface area contributed by atoms with E-state index in [1.165, 1.54) is 17.4 Å². The van der Waals surface area contributed by atoms with Crippen LogP contribution in [0.4, 0.5) is 0 Å². The molecule has 3 aromatic rings. The Hall–Kier alpha value is -2.02. The summed E-state index contributed by atoms with van der Waals surface area (Å²) in [6.07, 6.45) is 3.27. The van der Waals surface area contributed by atoms with Crippen LogP contribution in [0.1, 0.15) is 5.56 Å². The van der Waals surface area contributed by atoms with Crippen LogP contribution < -0.4 is 4.80 Å². The van der Waals surface area contributed by atoms with Gasteiger partial charge >= 0.3 is 0 Å². The standard InChI is InChI=1S/C19H17BrN2O2S/c1-24-12-11-22-16-9-8-15(20)13-17(16)25-19(22)21-18(23)10-7-14-5-3-2-4-6-14/h2-10,13H,11-12H2,1H3. The fraction of sp³-hybridized carbons (Fsp3) is 0.158. The van der Waals surface area contributed by atoms with E-state index in [1.54, 1.807) is 13.2 Å². The number of hydrogen-bond donors (Lipinski definition) is 0. The summed E-state index contributed by atoms with van der Waals surface area (Å²) >= 11 is 4.98. The highest BCUT2D eigenvalue weighted by Gasteiger charge is 2.07. The second-order valence-corrected chi connectivity index (χ2v) is 7.26. The molecule has 0 fully saturated rings. The zero-order valence-electron chi connectivity index (χ0n) is 13.7. The van der Waals surface area contributed by atoms with Crippen molar-refractivity contribution in [1.82, 2.24) is 4.57 Å². The van der Waals surface area contributed by atoms with E-state index in [1.807, 2.05) is 53.1 Å². The van der Waals surface area contributed by atoms with Gasteiger partial charge in [-0.1, -0.05) is 57.6 Å². The highest BCUT2D eigenvalue weighted by atomic mass is 79.9. The predicted molar refractivity (Wildman–Crippen MR) is 105 cm³/mol. The SMILES string of the molecule is COCCn1c(=NC(=O)C=Cc2ccccc2)sc2cc(Br)ccc21. The number of thiazole rings is 1. The summed E-state index contributed by atoms with van der Waals surface area (Å²) in [5, 5.41) is 0. The van der Waals surface area contributed by atoms with Crippen LogP contribution in [0.15, 0.2) is 64.1 Å². The van der Waals surface area contributed by atoms with Crippen LogP contribution in [0, 0.1) is 0 Å². The molecule has 0 aliphatic heterocycles. The Bertz CT molecular complexity index is 974. The van der Waals surface area contributed by atoms with E-state index in [0.717, 1.165) is 20.3 Å². The van der Waals surface area contributed by atoms with Crippen LogP contribution in [0.25, 0.3) is 16.3 Å². The van der Waals surface area contributed by atoms with Gasteiger partial charge in [0.15, 0.2) is 4.80 Å². The van der Waals surface area contributed by atoms with Crippen LogP contribution in [-0.2, 0) is 16.1 Å². The minimum absolute atomic E-state index is 0.277. The number of methoxy groups -OCH3 is 1. The highest BCUT2D eigenvalue weighted by molar-refractivity contribution is 9.10. The quantitative estimate of drug-likeness (QED) is 0.583. The number of halogens is 1. The van der Waals surface area contributed by atoms with E-state index in [9.17, 15) is 4.79 Å². The lowest BCUT2D eigenvalue weighted by Crippen LogP contribution is -2.18. The zero-order chi connectivity index (χ0) is 17.6. The summed E-state index contributed by atoms with van der Waals surface area (Å²) in [4.78, 5) is 17.2. The average molecular weight is 417 g/mol. The number of amides is 1. The Kier molecular flexibility index (Phi) is 5.96. The Balaban J connectivity index is 1.96. The molecule has 1 heterocycles. The first-order valence-electron chi connectivity index (χ1n) is 7.77. The molecule has 0 spiro atoms. The third kappa shape index (κ3) is 4.54. The third-order valence-corrected chi connectivity index (χ3v) is 5.12. The fourth-order valence-corrected chi connectivity index (χ4v) is 4.01. The van der Waals surface area contributed by atoms with Crippen molar-refractivity contribution in [3.8, 4) is 0 Å². The van der Waals surface area contributed by atoms with Gasteiger partial charge in [0.2, 0.25) is 0 Å². The number of aromatic nitrogens is 1. The van der Waals surface area contributed by atoms with Crippen molar-refractivity contribution in [1.29, 1.82) is 0 Å². The molecule has 2 aromatic carbocycles. The van der Waals surface area contributed by atoms with E-state index in [-0.39, 0.29) is 5.91 Å². The number of nitrogens with zero attached hydrogens (tertiary/aromatic N) is 2. The number of hydrogen-bond acceptors (Lipinski definition) is 3. The lowest BCUT2D eigenvalue weighted by atomic mass is 10.2. The van der Waals surface area contributed by atoms with Crippen molar-refractivity contribution < 1.29 is 9.53 Å². The van der Waals surface area contributed by atoms with Crippen molar-refractivity contribution in [2.24, 2.45) is 4.99 Å². The van der Waals surface area contributed by atoms with E-state index >= 15 is 0 Å². The summed E-state index contributed by atoms with van der Waals surface area (Å²) in [5.74, 6) is -0.277. The Morgan fingerprint density at radius 3 is 2.84 bits per heavy atom. The predicted octanol–water partition coefficient (Wildman–Crippen LogP) is 4.25. The van der Waals surface area contributed by atoms with E-state index in [2.05, 4.69) is 20.9 Å². The monoisotopic (exact) mass is 416 g/mol. The summed E-state index contributed by atoms with van der Waals surface area (Å²) in [7, 11) is 1.66. The number of fused-ring (bicyclic) bond motifs is 1. The van der Waals surface area contributed by atoms with Crippen molar-refractivity contribution in [2.45, 2.75) is 6.54 Å².